The number of hydrogen-bond donors (Lipinski definition) is 0. The highest BCUT2D eigenvalue weighted by Crippen LogP contribution is 2.19. The smallest absolute Gasteiger partial charge is 0.208 e. The van der Waals surface area contributed by atoms with Crippen molar-refractivity contribution in [2.45, 2.75) is 71.8 Å². The predicted molar refractivity (Wildman–Crippen MR) is 176 cm³/mol. The van der Waals surface area contributed by atoms with Gasteiger partial charge in [0, 0.05) is 36.3 Å². The molecule has 0 spiro atoms. The number of halogens is 1. The number of ketones is 2. The average molecular weight is 660 g/mol. The monoisotopic (exact) mass is 658 g/mol. The van der Waals surface area contributed by atoms with E-state index in [4.69, 9.17) is 9.47 Å². The first-order chi connectivity index (χ1) is 19.3. The number of alkyl halides is 1. The van der Waals surface area contributed by atoms with Crippen molar-refractivity contribution in [3.05, 3.63) is 60.2 Å². The SMILES string of the molecule is CC(=O)c1nc2ccccc2n1COCC[Si](C)(C)C.C[Si](C)(C)CCOCn1c(C(=O)CBr)nc2ccccc21. The van der Waals surface area contributed by atoms with Gasteiger partial charge in [-0.2, -0.15) is 0 Å². The number of Topliss-reactive ketones (excluding diaryl/α,β-unsaturated/α-hetero) is 2. The van der Waals surface area contributed by atoms with Crippen molar-refractivity contribution in [1.29, 1.82) is 0 Å². The number of fused-ring (bicyclic) bond motifs is 2. The number of ether oxygens (including phenoxy) is 2. The fourth-order valence-corrected chi connectivity index (χ4v) is 5.79. The van der Waals surface area contributed by atoms with Crippen LogP contribution in [0.15, 0.2) is 48.5 Å². The van der Waals surface area contributed by atoms with Gasteiger partial charge < -0.3 is 9.47 Å². The van der Waals surface area contributed by atoms with Crippen molar-refractivity contribution in [3.63, 3.8) is 0 Å². The number of nitrogens with zero attached hydrogens (tertiary/aromatic N) is 4. The van der Waals surface area contributed by atoms with Crippen LogP contribution in [0.1, 0.15) is 28.2 Å². The highest BCUT2D eigenvalue weighted by atomic mass is 79.9. The molecule has 0 fully saturated rings. The third-order valence-corrected chi connectivity index (χ3v) is 10.3. The molecule has 0 saturated heterocycles. The normalized spacial score (nSPS) is 12.0. The van der Waals surface area contributed by atoms with E-state index < -0.39 is 16.1 Å². The summed E-state index contributed by atoms with van der Waals surface area (Å²) in [6, 6.07) is 17.8. The average Bonchev–Trinajstić information content (AvgIpc) is 3.47. The summed E-state index contributed by atoms with van der Waals surface area (Å²) < 4.78 is 15.3. The summed E-state index contributed by atoms with van der Waals surface area (Å²) >= 11 is 3.21. The topological polar surface area (TPSA) is 88.2 Å². The van der Waals surface area contributed by atoms with Crippen molar-refractivity contribution in [3.8, 4) is 0 Å². The second kappa shape index (κ2) is 14.6. The Morgan fingerprint density at radius 1 is 0.732 bits per heavy atom. The Morgan fingerprint density at radius 2 is 1.15 bits per heavy atom. The first-order valence-corrected chi connectivity index (χ1v) is 22.5. The Labute approximate surface area is 253 Å². The molecule has 0 N–H and O–H groups in total. The quantitative estimate of drug-likeness (QED) is 0.0640. The van der Waals surface area contributed by atoms with Crippen LogP contribution in [0.4, 0.5) is 0 Å². The van der Waals surface area contributed by atoms with Gasteiger partial charge in [-0.15, -0.1) is 0 Å². The Balaban J connectivity index is 0.000000226. The molecule has 0 radical (unpaired) electrons. The number of imidazole rings is 2. The highest BCUT2D eigenvalue weighted by Gasteiger charge is 2.18. The van der Waals surface area contributed by atoms with Gasteiger partial charge in [0.25, 0.3) is 0 Å². The van der Waals surface area contributed by atoms with Gasteiger partial charge in [-0.25, -0.2) is 9.97 Å². The Hall–Kier alpha value is -2.45. The van der Waals surface area contributed by atoms with E-state index in [1.807, 2.05) is 57.7 Å². The van der Waals surface area contributed by atoms with Crippen LogP contribution in [-0.4, -0.2) is 65.4 Å². The van der Waals surface area contributed by atoms with Crippen LogP contribution in [0.3, 0.4) is 0 Å². The molecule has 0 aliphatic heterocycles. The fraction of sp³-hybridized carbons (Fsp3) is 0.467. The zero-order valence-electron chi connectivity index (χ0n) is 25.4. The van der Waals surface area contributed by atoms with Crippen LogP contribution >= 0.6 is 15.9 Å². The van der Waals surface area contributed by atoms with Gasteiger partial charge in [0.05, 0.1) is 27.4 Å². The molecule has 0 aliphatic rings. The molecular formula is C30H43BrN4O4Si2. The molecule has 2 aromatic heterocycles. The molecule has 0 aliphatic carbocycles. The zero-order chi connectivity index (χ0) is 30.2. The van der Waals surface area contributed by atoms with Gasteiger partial charge in [-0.05, 0) is 36.4 Å². The summed E-state index contributed by atoms with van der Waals surface area (Å²) in [6.07, 6.45) is 0. The van der Waals surface area contributed by atoms with Gasteiger partial charge in [0.2, 0.25) is 5.78 Å². The summed E-state index contributed by atoms with van der Waals surface area (Å²) in [7, 11) is -2.18. The maximum atomic E-state index is 12.0. The molecule has 0 bridgehead atoms. The van der Waals surface area contributed by atoms with Crippen molar-refractivity contribution < 1.29 is 19.1 Å². The van der Waals surface area contributed by atoms with Crippen LogP contribution in [0.2, 0.25) is 51.4 Å². The van der Waals surface area contributed by atoms with Gasteiger partial charge in [0.1, 0.15) is 13.5 Å². The maximum absolute atomic E-state index is 12.0. The zero-order valence-corrected chi connectivity index (χ0v) is 29.0. The van der Waals surface area contributed by atoms with Crippen LogP contribution in [0, 0.1) is 0 Å². The summed E-state index contributed by atoms with van der Waals surface area (Å²) in [5.41, 5.74) is 3.56. The fourth-order valence-electron chi connectivity index (χ4n) is 4.02. The van der Waals surface area contributed by atoms with E-state index in [0.29, 0.717) is 25.1 Å². The van der Waals surface area contributed by atoms with E-state index in [1.54, 1.807) is 6.92 Å². The number of rotatable bonds is 13. The minimum Gasteiger partial charge on any atom is -0.361 e. The second-order valence-corrected chi connectivity index (χ2v) is 24.3. The molecular weight excluding hydrogens is 616 g/mol. The number of aromatic nitrogens is 4. The van der Waals surface area contributed by atoms with Crippen molar-refractivity contribution in [2.75, 3.05) is 18.5 Å². The third-order valence-electron chi connectivity index (χ3n) is 6.43. The second-order valence-electron chi connectivity index (χ2n) is 12.5. The number of carbonyl (C=O) groups is 2. The lowest BCUT2D eigenvalue weighted by Gasteiger charge is -2.16. The third kappa shape index (κ3) is 9.81. The van der Waals surface area contributed by atoms with E-state index in [1.165, 1.54) is 0 Å². The van der Waals surface area contributed by atoms with Crippen LogP contribution in [0.25, 0.3) is 22.1 Å². The lowest BCUT2D eigenvalue weighted by atomic mass is 10.3. The Bertz CT molecular complexity index is 1470. The molecule has 2 heterocycles. The molecule has 0 amide bonds. The lowest BCUT2D eigenvalue weighted by molar-refractivity contribution is 0.0827. The molecule has 4 rings (SSSR count). The van der Waals surface area contributed by atoms with E-state index in [0.717, 1.165) is 47.4 Å². The Kier molecular flexibility index (Phi) is 11.8. The number of benzene rings is 2. The van der Waals surface area contributed by atoms with Crippen LogP contribution in [-0.2, 0) is 22.9 Å². The molecule has 0 atom stereocenters. The summed E-state index contributed by atoms with van der Waals surface area (Å²) in [5.74, 6) is 0.871. The number of carbonyl (C=O) groups excluding carboxylic acids is 2. The summed E-state index contributed by atoms with van der Waals surface area (Å²) in [5, 5.41) is 0.269. The van der Waals surface area contributed by atoms with E-state index in [9.17, 15) is 9.59 Å². The molecule has 2 aromatic carbocycles. The largest absolute Gasteiger partial charge is 0.361 e. The molecule has 41 heavy (non-hydrogen) atoms. The first-order valence-electron chi connectivity index (χ1n) is 14.0. The van der Waals surface area contributed by atoms with Gasteiger partial charge >= 0.3 is 0 Å². The minimum atomic E-state index is -1.10. The summed E-state index contributed by atoms with van der Waals surface area (Å²) in [6.45, 7) is 17.7. The molecule has 8 nitrogen and oxygen atoms in total. The van der Waals surface area contributed by atoms with Gasteiger partial charge in [-0.3, -0.25) is 18.7 Å². The molecule has 11 heteroatoms. The first kappa shape index (κ1) is 33.1. The minimum absolute atomic E-state index is 0.0278. The molecule has 0 unspecified atom stereocenters. The van der Waals surface area contributed by atoms with Crippen LogP contribution < -0.4 is 0 Å². The van der Waals surface area contributed by atoms with Crippen molar-refractivity contribution in [2.24, 2.45) is 0 Å². The maximum Gasteiger partial charge on any atom is 0.208 e. The standard InChI is InChI=1S/C15H21BrN2O2Si.C15H22N2O2Si/c1-21(2,3)9-8-20-11-18-13-7-5-4-6-12(13)17-15(18)14(19)10-16;1-12(18)15-16-13-7-5-6-8-14(13)17(15)11-19-9-10-20(2,3)4/h4-7H,8-11H2,1-3H3;5-8H,9-11H2,1-4H3. The highest BCUT2D eigenvalue weighted by molar-refractivity contribution is 9.09. The van der Waals surface area contributed by atoms with Gasteiger partial charge in [0.15, 0.2) is 17.4 Å². The summed E-state index contributed by atoms with van der Waals surface area (Å²) in [4.78, 5) is 32.5. The Morgan fingerprint density at radius 3 is 1.56 bits per heavy atom. The number of hydrogen-bond acceptors (Lipinski definition) is 6. The predicted octanol–water partition coefficient (Wildman–Crippen LogP) is 7.48. The number of para-hydroxylation sites is 4. The van der Waals surface area contributed by atoms with Gasteiger partial charge in [-0.1, -0.05) is 79.5 Å². The van der Waals surface area contributed by atoms with Crippen molar-refractivity contribution >= 4 is 65.7 Å². The van der Waals surface area contributed by atoms with E-state index in [-0.39, 0.29) is 16.9 Å². The van der Waals surface area contributed by atoms with Crippen molar-refractivity contribution in [1.82, 2.24) is 19.1 Å². The van der Waals surface area contributed by atoms with E-state index in [2.05, 4.69) is 65.2 Å². The van der Waals surface area contributed by atoms with Crippen LogP contribution in [0.5, 0.6) is 0 Å². The molecule has 4 aromatic rings. The lowest BCUT2D eigenvalue weighted by Crippen LogP contribution is -2.22. The molecule has 0 saturated carbocycles. The van der Waals surface area contributed by atoms with E-state index >= 15 is 0 Å². The molecule has 222 valence electrons.